The molecule has 1 heterocycles. The van der Waals surface area contributed by atoms with Crippen LogP contribution >= 0.6 is 0 Å². The fourth-order valence-electron chi connectivity index (χ4n) is 2.91. The zero-order valence-electron chi connectivity index (χ0n) is 14.1. The molecule has 0 aromatic heterocycles. The van der Waals surface area contributed by atoms with Crippen molar-refractivity contribution in [2.45, 2.75) is 25.7 Å². The van der Waals surface area contributed by atoms with Crippen molar-refractivity contribution in [1.82, 2.24) is 10.2 Å². The number of unbranched alkanes of at least 4 members (excludes halogenated alkanes) is 1. The van der Waals surface area contributed by atoms with Gasteiger partial charge in [0.1, 0.15) is 0 Å². The van der Waals surface area contributed by atoms with Gasteiger partial charge < -0.3 is 20.2 Å². The Morgan fingerprint density at radius 1 is 1.26 bits per heavy atom. The van der Waals surface area contributed by atoms with Crippen LogP contribution in [0.3, 0.4) is 0 Å². The molecule has 1 aliphatic heterocycles. The number of nitrogens with one attached hydrogen (secondary N) is 1. The molecule has 128 valence electrons. The van der Waals surface area contributed by atoms with E-state index in [4.69, 9.17) is 5.11 Å². The van der Waals surface area contributed by atoms with E-state index in [2.05, 4.69) is 29.4 Å². The molecular weight excluding hydrogens is 290 g/mol. The molecule has 0 aliphatic carbocycles. The average molecular weight is 319 g/mol. The van der Waals surface area contributed by atoms with Crippen LogP contribution in [0.25, 0.3) is 0 Å². The first-order chi connectivity index (χ1) is 11.2. The molecule has 0 spiro atoms. The Hall–Kier alpha value is -1.75. The SMILES string of the molecule is CN(CCCCNC(=O)N1CCC(CO)CC1)c1ccccc1. The van der Waals surface area contributed by atoms with E-state index >= 15 is 0 Å². The largest absolute Gasteiger partial charge is 0.396 e. The second-order valence-corrected chi connectivity index (χ2v) is 6.31. The zero-order valence-corrected chi connectivity index (χ0v) is 14.1. The lowest BCUT2D eigenvalue weighted by molar-refractivity contribution is 0.137. The molecule has 2 N–H and O–H groups in total. The lowest BCUT2D eigenvalue weighted by Crippen LogP contribution is -2.45. The summed E-state index contributed by atoms with van der Waals surface area (Å²) in [5.41, 5.74) is 1.23. The highest BCUT2D eigenvalue weighted by molar-refractivity contribution is 5.74. The molecule has 1 aromatic rings. The third kappa shape index (κ3) is 5.75. The van der Waals surface area contributed by atoms with E-state index < -0.39 is 0 Å². The van der Waals surface area contributed by atoms with E-state index in [0.29, 0.717) is 5.92 Å². The van der Waals surface area contributed by atoms with Crippen molar-refractivity contribution < 1.29 is 9.90 Å². The number of rotatable bonds is 7. The fourth-order valence-corrected chi connectivity index (χ4v) is 2.91. The van der Waals surface area contributed by atoms with E-state index in [1.807, 2.05) is 23.1 Å². The van der Waals surface area contributed by atoms with Crippen molar-refractivity contribution >= 4 is 11.7 Å². The summed E-state index contributed by atoms with van der Waals surface area (Å²) in [7, 11) is 2.10. The zero-order chi connectivity index (χ0) is 16.5. The Kier molecular flexibility index (Phi) is 7.20. The lowest BCUT2D eigenvalue weighted by Gasteiger charge is -2.31. The summed E-state index contributed by atoms with van der Waals surface area (Å²) in [4.78, 5) is 16.2. The highest BCUT2D eigenvalue weighted by Gasteiger charge is 2.21. The second kappa shape index (κ2) is 9.40. The molecule has 1 saturated heterocycles. The van der Waals surface area contributed by atoms with Gasteiger partial charge in [0, 0.05) is 45.5 Å². The molecule has 0 radical (unpaired) electrons. The molecule has 23 heavy (non-hydrogen) atoms. The van der Waals surface area contributed by atoms with Crippen molar-refractivity contribution in [3.05, 3.63) is 30.3 Å². The molecular formula is C18H29N3O2. The highest BCUT2D eigenvalue weighted by Crippen LogP contribution is 2.16. The van der Waals surface area contributed by atoms with E-state index in [-0.39, 0.29) is 12.6 Å². The Morgan fingerprint density at radius 2 is 1.96 bits per heavy atom. The number of nitrogens with zero attached hydrogens (tertiary/aromatic N) is 2. The van der Waals surface area contributed by atoms with Gasteiger partial charge in [-0.3, -0.25) is 0 Å². The summed E-state index contributed by atoms with van der Waals surface area (Å²) in [6, 6.07) is 10.4. The van der Waals surface area contributed by atoms with Crippen molar-refractivity contribution in [3.8, 4) is 0 Å². The number of piperidine rings is 1. The van der Waals surface area contributed by atoms with Crippen molar-refractivity contribution in [3.63, 3.8) is 0 Å². The van der Waals surface area contributed by atoms with Crippen LogP contribution in [0.4, 0.5) is 10.5 Å². The predicted molar refractivity (Wildman–Crippen MR) is 93.7 cm³/mol. The van der Waals surface area contributed by atoms with Crippen LogP contribution in [-0.2, 0) is 0 Å². The maximum atomic E-state index is 12.1. The van der Waals surface area contributed by atoms with E-state index in [1.54, 1.807) is 0 Å². The fraction of sp³-hybridized carbons (Fsp3) is 0.611. The number of urea groups is 1. The van der Waals surface area contributed by atoms with Gasteiger partial charge in [0.05, 0.1) is 0 Å². The molecule has 1 aromatic carbocycles. The topological polar surface area (TPSA) is 55.8 Å². The van der Waals surface area contributed by atoms with Gasteiger partial charge in [0.25, 0.3) is 0 Å². The number of aliphatic hydroxyl groups excluding tert-OH is 1. The minimum absolute atomic E-state index is 0.0396. The Balaban J connectivity index is 1.56. The standard InChI is InChI=1S/C18H29N3O2/c1-20(17-7-3-2-4-8-17)12-6-5-11-19-18(23)21-13-9-16(15-22)10-14-21/h2-4,7-8,16,22H,5-6,9-15H2,1H3,(H,19,23). The molecule has 0 atom stereocenters. The van der Waals surface area contributed by atoms with Crippen LogP contribution in [0.15, 0.2) is 30.3 Å². The first kappa shape index (κ1) is 17.6. The van der Waals surface area contributed by atoms with Crippen LogP contribution in [-0.4, -0.2) is 55.9 Å². The molecule has 2 rings (SSSR count). The lowest BCUT2D eigenvalue weighted by atomic mass is 9.98. The summed E-state index contributed by atoms with van der Waals surface area (Å²) in [5, 5.41) is 12.1. The second-order valence-electron chi connectivity index (χ2n) is 6.31. The Labute approximate surface area is 139 Å². The third-order valence-electron chi connectivity index (χ3n) is 4.55. The third-order valence-corrected chi connectivity index (χ3v) is 4.55. The van der Waals surface area contributed by atoms with E-state index in [1.165, 1.54) is 5.69 Å². The summed E-state index contributed by atoms with van der Waals surface area (Å²) >= 11 is 0. The minimum Gasteiger partial charge on any atom is -0.396 e. The van der Waals surface area contributed by atoms with Gasteiger partial charge in [-0.25, -0.2) is 4.79 Å². The predicted octanol–water partition coefficient (Wildman–Crippen LogP) is 2.32. The van der Waals surface area contributed by atoms with E-state index in [0.717, 1.165) is 51.9 Å². The van der Waals surface area contributed by atoms with Crippen molar-refractivity contribution in [2.75, 3.05) is 44.7 Å². The van der Waals surface area contributed by atoms with Crippen LogP contribution in [0.5, 0.6) is 0 Å². The number of benzene rings is 1. The van der Waals surface area contributed by atoms with E-state index in [9.17, 15) is 4.79 Å². The molecule has 1 fully saturated rings. The van der Waals surface area contributed by atoms with Gasteiger partial charge in [-0.2, -0.15) is 0 Å². The number of amides is 2. The number of anilines is 1. The van der Waals surface area contributed by atoms with Crippen LogP contribution in [0.2, 0.25) is 0 Å². The van der Waals surface area contributed by atoms with Crippen LogP contribution in [0.1, 0.15) is 25.7 Å². The summed E-state index contributed by atoms with van der Waals surface area (Å²) < 4.78 is 0. The maximum absolute atomic E-state index is 12.1. The molecule has 2 amide bonds. The first-order valence-corrected chi connectivity index (χ1v) is 8.60. The molecule has 5 nitrogen and oxygen atoms in total. The molecule has 0 bridgehead atoms. The summed E-state index contributed by atoms with van der Waals surface area (Å²) in [6.07, 6.45) is 3.85. The molecule has 0 unspecified atom stereocenters. The van der Waals surface area contributed by atoms with Gasteiger partial charge in [-0.1, -0.05) is 18.2 Å². The van der Waals surface area contributed by atoms with Gasteiger partial charge in [0.15, 0.2) is 0 Å². The number of carbonyl (C=O) groups excluding carboxylic acids is 1. The molecule has 1 aliphatic rings. The van der Waals surface area contributed by atoms with Gasteiger partial charge in [0.2, 0.25) is 0 Å². The number of hydrogen-bond donors (Lipinski definition) is 2. The number of para-hydroxylation sites is 1. The first-order valence-electron chi connectivity index (χ1n) is 8.60. The monoisotopic (exact) mass is 319 g/mol. The van der Waals surface area contributed by atoms with Gasteiger partial charge >= 0.3 is 6.03 Å². The average Bonchev–Trinajstić information content (AvgIpc) is 2.62. The Morgan fingerprint density at radius 3 is 2.61 bits per heavy atom. The van der Waals surface area contributed by atoms with Crippen LogP contribution in [0, 0.1) is 5.92 Å². The molecule has 5 heteroatoms. The quantitative estimate of drug-likeness (QED) is 0.758. The molecule has 0 saturated carbocycles. The maximum Gasteiger partial charge on any atom is 0.317 e. The normalized spacial score (nSPS) is 15.5. The minimum atomic E-state index is 0.0396. The number of likely N-dealkylation sites (tertiary alicyclic amines) is 1. The van der Waals surface area contributed by atoms with Crippen LogP contribution < -0.4 is 10.2 Å². The smallest absolute Gasteiger partial charge is 0.317 e. The van der Waals surface area contributed by atoms with Crippen molar-refractivity contribution in [2.24, 2.45) is 5.92 Å². The number of carbonyl (C=O) groups is 1. The highest BCUT2D eigenvalue weighted by atomic mass is 16.3. The Bertz CT molecular complexity index is 459. The van der Waals surface area contributed by atoms with Crippen molar-refractivity contribution in [1.29, 1.82) is 0 Å². The summed E-state index contributed by atoms with van der Waals surface area (Å²) in [5.74, 6) is 0.368. The number of aliphatic hydroxyl groups is 1. The number of hydrogen-bond acceptors (Lipinski definition) is 3. The summed E-state index contributed by atoms with van der Waals surface area (Å²) in [6.45, 7) is 3.47. The van der Waals surface area contributed by atoms with Gasteiger partial charge in [-0.05, 0) is 43.7 Å². The van der Waals surface area contributed by atoms with Gasteiger partial charge in [-0.15, -0.1) is 0 Å².